The van der Waals surface area contributed by atoms with Crippen LogP contribution in [0.3, 0.4) is 0 Å². The fourth-order valence-electron chi connectivity index (χ4n) is 1.46. The first-order valence-corrected chi connectivity index (χ1v) is 5.71. The number of anilines is 1. The van der Waals surface area contributed by atoms with Gasteiger partial charge in [0.15, 0.2) is 0 Å². The van der Waals surface area contributed by atoms with E-state index in [0.717, 1.165) is 0 Å². The maximum Gasteiger partial charge on any atom is 0.371 e. The summed E-state index contributed by atoms with van der Waals surface area (Å²) in [6.07, 6.45) is 1.27. The smallest absolute Gasteiger partial charge is 0.371 e. The quantitative estimate of drug-likeness (QED) is 0.643. The molecule has 2 N–H and O–H groups in total. The molecule has 0 amide bonds. The van der Waals surface area contributed by atoms with Gasteiger partial charge in [-0.15, -0.1) is 0 Å². The van der Waals surface area contributed by atoms with E-state index in [4.69, 9.17) is 21.1 Å². The van der Waals surface area contributed by atoms with Crippen molar-refractivity contribution in [1.29, 1.82) is 0 Å². The zero-order valence-corrected chi connectivity index (χ0v) is 10.6. The fourth-order valence-corrected chi connectivity index (χ4v) is 1.61. The molecule has 0 aliphatic heterocycles. The van der Waals surface area contributed by atoms with Gasteiger partial charge in [0.1, 0.15) is 5.76 Å². The highest BCUT2D eigenvalue weighted by atomic mass is 35.5. The Kier molecular flexibility index (Phi) is 3.85. The molecule has 2 aromatic heterocycles. The summed E-state index contributed by atoms with van der Waals surface area (Å²) < 4.78 is 5.01. The number of halogens is 1. The lowest BCUT2D eigenvalue weighted by Crippen LogP contribution is -2.04. The molecule has 0 unspecified atom stereocenters. The number of rotatable bonds is 5. The average Bonchev–Trinajstić information content (AvgIpc) is 2.86. The zero-order valence-electron chi connectivity index (χ0n) is 9.87. The number of hydrogen-bond donors (Lipinski definition) is 2. The summed E-state index contributed by atoms with van der Waals surface area (Å²) in [6.45, 7) is 0.0583. The molecule has 0 saturated carbocycles. The van der Waals surface area contributed by atoms with Crippen LogP contribution in [0.5, 0.6) is 0 Å². The number of aromatic carboxylic acids is 1. The molecule has 0 spiro atoms. The number of carboxylic acids is 1. The second kappa shape index (κ2) is 5.57. The van der Waals surface area contributed by atoms with Gasteiger partial charge >= 0.3 is 11.7 Å². The second-order valence-corrected chi connectivity index (χ2v) is 4.14. The van der Waals surface area contributed by atoms with E-state index in [1.807, 2.05) is 0 Å². The van der Waals surface area contributed by atoms with Crippen LogP contribution >= 0.6 is 11.6 Å². The molecule has 0 saturated heterocycles. The van der Waals surface area contributed by atoms with Crippen molar-refractivity contribution in [3.05, 3.63) is 51.1 Å². The topological polar surface area (TPSA) is 119 Å². The van der Waals surface area contributed by atoms with Gasteiger partial charge in [-0.25, -0.2) is 9.78 Å². The van der Waals surface area contributed by atoms with E-state index in [9.17, 15) is 14.9 Å². The summed E-state index contributed by atoms with van der Waals surface area (Å²) >= 11 is 5.64. The lowest BCUT2D eigenvalue weighted by molar-refractivity contribution is -0.384. The van der Waals surface area contributed by atoms with Crippen molar-refractivity contribution in [2.45, 2.75) is 6.54 Å². The van der Waals surface area contributed by atoms with Crippen molar-refractivity contribution in [1.82, 2.24) is 4.98 Å². The van der Waals surface area contributed by atoms with E-state index in [1.165, 1.54) is 24.4 Å². The third kappa shape index (κ3) is 3.04. The highest BCUT2D eigenvalue weighted by Gasteiger charge is 2.16. The minimum absolute atomic E-state index is 0.0210. The number of furan rings is 1. The fraction of sp³-hybridized carbons (Fsp3) is 0.0909. The molecule has 0 radical (unpaired) electrons. The summed E-state index contributed by atoms with van der Waals surface area (Å²) in [5, 5.41) is 22.4. The first kappa shape index (κ1) is 13.8. The summed E-state index contributed by atoms with van der Waals surface area (Å²) in [5.41, 5.74) is -0.275. The van der Waals surface area contributed by atoms with E-state index in [-0.39, 0.29) is 28.8 Å². The number of hydrogen-bond acceptors (Lipinski definition) is 6. The highest BCUT2D eigenvalue weighted by Crippen LogP contribution is 2.25. The SMILES string of the molecule is O=C(O)c1ccc(CNc2ncc(Cl)cc2[N+](=O)[O-])o1. The molecule has 20 heavy (non-hydrogen) atoms. The molecule has 0 aromatic carbocycles. The van der Waals surface area contributed by atoms with Gasteiger partial charge in [-0.3, -0.25) is 10.1 Å². The van der Waals surface area contributed by atoms with Gasteiger partial charge < -0.3 is 14.8 Å². The summed E-state index contributed by atoms with van der Waals surface area (Å²) in [6, 6.07) is 3.92. The van der Waals surface area contributed by atoms with Gasteiger partial charge in [0.05, 0.1) is 16.5 Å². The Bertz CT molecular complexity index is 670. The minimum Gasteiger partial charge on any atom is -0.475 e. The third-order valence-corrected chi connectivity index (χ3v) is 2.54. The van der Waals surface area contributed by atoms with Gasteiger partial charge in [-0.1, -0.05) is 11.6 Å². The summed E-state index contributed by atoms with van der Waals surface area (Å²) in [5.74, 6) is -1.06. The van der Waals surface area contributed by atoms with Crippen LogP contribution in [0.2, 0.25) is 5.02 Å². The highest BCUT2D eigenvalue weighted by molar-refractivity contribution is 6.30. The second-order valence-electron chi connectivity index (χ2n) is 3.70. The molecule has 9 heteroatoms. The number of pyridine rings is 1. The maximum atomic E-state index is 10.8. The van der Waals surface area contributed by atoms with E-state index in [1.54, 1.807) is 0 Å². The van der Waals surface area contributed by atoms with E-state index in [0.29, 0.717) is 5.76 Å². The van der Waals surface area contributed by atoms with Gasteiger partial charge in [0.2, 0.25) is 11.6 Å². The Morgan fingerprint density at radius 1 is 1.55 bits per heavy atom. The summed E-state index contributed by atoms with van der Waals surface area (Å²) in [4.78, 5) is 24.7. The molecule has 0 bridgehead atoms. The van der Waals surface area contributed by atoms with Gasteiger partial charge in [-0.2, -0.15) is 0 Å². The van der Waals surface area contributed by atoms with Gasteiger partial charge in [-0.05, 0) is 12.1 Å². The molecule has 0 aliphatic rings. The van der Waals surface area contributed by atoms with Crippen LogP contribution in [0.15, 0.2) is 28.8 Å². The predicted molar refractivity (Wildman–Crippen MR) is 68.9 cm³/mol. The van der Waals surface area contributed by atoms with Crippen molar-refractivity contribution in [2.24, 2.45) is 0 Å². The van der Waals surface area contributed by atoms with Crippen molar-refractivity contribution in [3.63, 3.8) is 0 Å². The Hall–Kier alpha value is -2.61. The number of nitrogens with zero attached hydrogens (tertiary/aromatic N) is 2. The number of carbonyl (C=O) groups is 1. The maximum absolute atomic E-state index is 10.8. The van der Waals surface area contributed by atoms with Crippen molar-refractivity contribution >= 4 is 29.1 Å². The average molecular weight is 298 g/mol. The molecule has 104 valence electrons. The standard InChI is InChI=1S/C11H8ClN3O5/c12-6-3-8(15(18)19)10(13-4-6)14-5-7-1-2-9(20-7)11(16)17/h1-4H,5H2,(H,13,14)(H,16,17). The number of carboxylic acid groups (broad SMARTS) is 1. The van der Waals surface area contributed by atoms with Gasteiger partial charge in [0, 0.05) is 12.3 Å². The van der Waals surface area contributed by atoms with E-state index < -0.39 is 10.9 Å². The minimum atomic E-state index is -1.19. The Morgan fingerprint density at radius 2 is 2.30 bits per heavy atom. The Labute approximate surface area is 117 Å². The van der Waals surface area contributed by atoms with Crippen molar-refractivity contribution in [2.75, 3.05) is 5.32 Å². The first-order valence-electron chi connectivity index (χ1n) is 5.33. The number of nitro groups is 1. The van der Waals surface area contributed by atoms with Crippen LogP contribution in [0.4, 0.5) is 11.5 Å². The molecular formula is C11H8ClN3O5. The van der Waals surface area contributed by atoms with Crippen molar-refractivity contribution < 1.29 is 19.2 Å². The number of aromatic nitrogens is 1. The lowest BCUT2D eigenvalue weighted by atomic mass is 10.3. The van der Waals surface area contributed by atoms with Crippen LogP contribution in [-0.2, 0) is 6.54 Å². The van der Waals surface area contributed by atoms with Crippen LogP contribution < -0.4 is 5.32 Å². The zero-order chi connectivity index (χ0) is 14.7. The van der Waals surface area contributed by atoms with Gasteiger partial charge in [0.25, 0.3) is 0 Å². The molecule has 8 nitrogen and oxygen atoms in total. The predicted octanol–water partition coefficient (Wildman–Crippen LogP) is 2.55. The first-order chi connectivity index (χ1) is 9.47. The van der Waals surface area contributed by atoms with E-state index >= 15 is 0 Å². The van der Waals surface area contributed by atoms with Crippen molar-refractivity contribution in [3.8, 4) is 0 Å². The molecule has 2 rings (SSSR count). The molecule has 0 atom stereocenters. The third-order valence-electron chi connectivity index (χ3n) is 2.33. The van der Waals surface area contributed by atoms with Crippen LogP contribution in [0.25, 0.3) is 0 Å². The normalized spacial score (nSPS) is 10.2. The van der Waals surface area contributed by atoms with E-state index in [2.05, 4.69) is 10.3 Å². The molecule has 0 fully saturated rings. The van der Waals surface area contributed by atoms with Crippen LogP contribution in [0, 0.1) is 10.1 Å². The Balaban J connectivity index is 2.14. The monoisotopic (exact) mass is 297 g/mol. The Morgan fingerprint density at radius 3 is 2.90 bits per heavy atom. The molecule has 0 aliphatic carbocycles. The van der Waals surface area contributed by atoms with Crippen LogP contribution in [-0.4, -0.2) is 21.0 Å². The molecule has 2 aromatic rings. The largest absolute Gasteiger partial charge is 0.475 e. The molecular weight excluding hydrogens is 290 g/mol. The summed E-state index contributed by atoms with van der Waals surface area (Å²) in [7, 11) is 0. The lowest BCUT2D eigenvalue weighted by Gasteiger charge is -2.04. The number of nitrogens with one attached hydrogen (secondary N) is 1. The molecule has 2 heterocycles. The van der Waals surface area contributed by atoms with Crippen LogP contribution in [0.1, 0.15) is 16.3 Å².